The van der Waals surface area contributed by atoms with Crippen molar-refractivity contribution in [3.8, 4) is 0 Å². The van der Waals surface area contributed by atoms with Gasteiger partial charge >= 0.3 is 5.97 Å². The van der Waals surface area contributed by atoms with Gasteiger partial charge in [0.2, 0.25) is 0 Å². The number of nitrogens with zero attached hydrogens (tertiary/aromatic N) is 2. The van der Waals surface area contributed by atoms with Crippen molar-refractivity contribution in [3.63, 3.8) is 0 Å². The highest BCUT2D eigenvalue weighted by atomic mass is 32.2. The van der Waals surface area contributed by atoms with Gasteiger partial charge < -0.3 is 15.0 Å². The Hall–Kier alpha value is -1.95. The Kier molecular flexibility index (Phi) is 4.11. The van der Waals surface area contributed by atoms with E-state index in [9.17, 15) is 4.79 Å². The van der Waals surface area contributed by atoms with Gasteiger partial charge in [0.1, 0.15) is 0 Å². The van der Waals surface area contributed by atoms with E-state index < -0.39 is 5.97 Å². The van der Waals surface area contributed by atoms with Crippen molar-refractivity contribution < 1.29 is 9.53 Å². The largest absolute Gasteiger partial charge is 0.462 e. The molecule has 5 nitrogen and oxygen atoms in total. The number of carbonyl (C=O) groups excluding carboxylic acids is 1. The fourth-order valence-corrected chi connectivity index (χ4v) is 2.38. The number of hydrogen-bond donors (Lipinski definition) is 1. The minimum atomic E-state index is -0.401. The van der Waals surface area contributed by atoms with Gasteiger partial charge in [-0.2, -0.15) is 0 Å². The zero-order valence-electron chi connectivity index (χ0n) is 10.8. The molecule has 0 radical (unpaired) electrons. The van der Waals surface area contributed by atoms with E-state index in [0.29, 0.717) is 17.9 Å². The minimum absolute atomic E-state index is 0.328. The third-order valence-corrected chi connectivity index (χ3v) is 3.57. The quantitative estimate of drug-likeness (QED) is 0.686. The van der Waals surface area contributed by atoms with Crippen LogP contribution in [0.15, 0.2) is 40.6 Å². The number of nitrogens with two attached hydrogens (primary N) is 1. The number of rotatable bonds is 4. The van der Waals surface area contributed by atoms with Gasteiger partial charge in [0.15, 0.2) is 5.16 Å². The highest BCUT2D eigenvalue weighted by Gasteiger charge is 2.12. The van der Waals surface area contributed by atoms with Gasteiger partial charge in [0.05, 0.1) is 12.2 Å². The van der Waals surface area contributed by atoms with Gasteiger partial charge in [-0.3, -0.25) is 0 Å². The molecule has 2 rings (SSSR count). The van der Waals surface area contributed by atoms with E-state index in [4.69, 9.17) is 10.5 Å². The Labute approximate surface area is 115 Å². The lowest BCUT2D eigenvalue weighted by Gasteiger charge is -2.07. The number of imidazole rings is 1. The van der Waals surface area contributed by atoms with Crippen LogP contribution < -0.4 is 5.73 Å². The second-order valence-corrected chi connectivity index (χ2v) is 4.93. The molecular formula is C13H15N3O2S. The minimum Gasteiger partial charge on any atom is -0.462 e. The molecular weight excluding hydrogens is 262 g/mol. The Morgan fingerprint density at radius 2 is 2.32 bits per heavy atom. The summed E-state index contributed by atoms with van der Waals surface area (Å²) in [5.41, 5.74) is 6.60. The van der Waals surface area contributed by atoms with Crippen molar-refractivity contribution >= 4 is 23.4 Å². The molecule has 19 heavy (non-hydrogen) atoms. The number of benzene rings is 1. The van der Waals surface area contributed by atoms with E-state index in [2.05, 4.69) is 4.98 Å². The molecule has 2 N–H and O–H groups in total. The predicted octanol–water partition coefficient (Wildman–Crippen LogP) is 2.33. The lowest BCUT2D eigenvalue weighted by atomic mass is 10.2. The molecule has 0 bridgehead atoms. The first-order valence-corrected chi connectivity index (χ1v) is 6.65. The molecule has 1 aromatic heterocycles. The number of anilines is 1. The number of aromatic nitrogens is 2. The van der Waals surface area contributed by atoms with Crippen molar-refractivity contribution in [1.82, 2.24) is 9.55 Å². The molecule has 0 saturated heterocycles. The summed E-state index contributed by atoms with van der Waals surface area (Å²) >= 11 is 1.47. The van der Waals surface area contributed by atoms with Gasteiger partial charge in [-0.05, 0) is 25.1 Å². The van der Waals surface area contributed by atoms with Gasteiger partial charge in [0.25, 0.3) is 0 Å². The number of aryl methyl sites for hydroxylation is 1. The van der Waals surface area contributed by atoms with E-state index in [1.165, 1.54) is 11.8 Å². The first-order valence-electron chi connectivity index (χ1n) is 5.83. The van der Waals surface area contributed by atoms with Crippen molar-refractivity contribution in [3.05, 3.63) is 36.2 Å². The summed E-state index contributed by atoms with van der Waals surface area (Å²) in [6.07, 6.45) is 3.60. The molecule has 2 aromatic rings. The Morgan fingerprint density at radius 3 is 2.95 bits per heavy atom. The molecule has 6 heteroatoms. The Morgan fingerprint density at radius 1 is 1.53 bits per heavy atom. The van der Waals surface area contributed by atoms with Crippen LogP contribution in [0.1, 0.15) is 17.3 Å². The highest BCUT2D eigenvalue weighted by molar-refractivity contribution is 7.99. The van der Waals surface area contributed by atoms with Crippen LogP contribution >= 0.6 is 11.8 Å². The van der Waals surface area contributed by atoms with Crippen molar-refractivity contribution in [1.29, 1.82) is 0 Å². The number of nitrogen functional groups attached to an aromatic ring is 1. The Bertz CT molecular complexity index is 595. The monoisotopic (exact) mass is 277 g/mol. The number of ether oxygens (including phenoxy) is 1. The van der Waals surface area contributed by atoms with Gasteiger partial charge in [0, 0.05) is 30.0 Å². The first kappa shape index (κ1) is 13.5. The summed E-state index contributed by atoms with van der Waals surface area (Å²) in [4.78, 5) is 16.9. The molecule has 0 amide bonds. The van der Waals surface area contributed by atoms with E-state index in [1.54, 1.807) is 25.3 Å². The topological polar surface area (TPSA) is 70.1 Å². The molecule has 0 aliphatic carbocycles. The third-order valence-electron chi connectivity index (χ3n) is 2.51. The fourth-order valence-electron chi connectivity index (χ4n) is 1.54. The fraction of sp³-hybridized carbons (Fsp3) is 0.231. The summed E-state index contributed by atoms with van der Waals surface area (Å²) in [5.74, 6) is -0.401. The maximum Gasteiger partial charge on any atom is 0.340 e. The molecule has 0 aliphatic rings. The van der Waals surface area contributed by atoms with Crippen molar-refractivity contribution in [2.24, 2.45) is 7.05 Å². The zero-order chi connectivity index (χ0) is 13.8. The number of esters is 1. The zero-order valence-corrected chi connectivity index (χ0v) is 11.6. The molecule has 100 valence electrons. The summed E-state index contributed by atoms with van der Waals surface area (Å²) < 4.78 is 6.88. The second-order valence-electron chi connectivity index (χ2n) is 3.89. The van der Waals surface area contributed by atoms with E-state index in [-0.39, 0.29) is 0 Å². The van der Waals surface area contributed by atoms with Crippen molar-refractivity contribution in [2.45, 2.75) is 17.0 Å². The summed E-state index contributed by atoms with van der Waals surface area (Å²) in [7, 11) is 1.92. The van der Waals surface area contributed by atoms with Crippen LogP contribution in [0.25, 0.3) is 0 Å². The highest BCUT2D eigenvalue weighted by Crippen LogP contribution is 2.28. The maximum absolute atomic E-state index is 11.8. The van der Waals surface area contributed by atoms with Crippen LogP contribution in [-0.2, 0) is 11.8 Å². The molecule has 0 saturated carbocycles. The molecule has 0 spiro atoms. The molecule has 0 fully saturated rings. The summed E-state index contributed by atoms with van der Waals surface area (Å²) in [5, 5.41) is 0.847. The van der Waals surface area contributed by atoms with Crippen LogP contribution in [0.5, 0.6) is 0 Å². The maximum atomic E-state index is 11.8. The SMILES string of the molecule is CCOC(=O)c1cc(Sc2nccn2C)ccc1N. The van der Waals surface area contributed by atoms with Gasteiger partial charge in [-0.1, -0.05) is 11.8 Å². The van der Waals surface area contributed by atoms with Crippen LogP contribution in [0, 0.1) is 0 Å². The van der Waals surface area contributed by atoms with E-state index >= 15 is 0 Å². The Balaban J connectivity index is 2.26. The molecule has 1 heterocycles. The molecule has 1 aromatic carbocycles. The average molecular weight is 277 g/mol. The average Bonchev–Trinajstić information content (AvgIpc) is 2.78. The molecule has 0 aliphatic heterocycles. The first-order chi connectivity index (χ1) is 9.11. The molecule has 0 unspecified atom stereocenters. The van der Waals surface area contributed by atoms with Crippen LogP contribution in [0.2, 0.25) is 0 Å². The van der Waals surface area contributed by atoms with Gasteiger partial charge in [-0.25, -0.2) is 9.78 Å². The standard InChI is InChI=1S/C13H15N3O2S/c1-3-18-12(17)10-8-9(4-5-11(10)14)19-13-15-6-7-16(13)2/h4-8H,3,14H2,1-2H3. The smallest absolute Gasteiger partial charge is 0.340 e. The summed E-state index contributed by atoms with van der Waals surface area (Å²) in [6, 6.07) is 5.29. The molecule has 0 atom stereocenters. The normalized spacial score (nSPS) is 10.4. The van der Waals surface area contributed by atoms with Crippen molar-refractivity contribution in [2.75, 3.05) is 12.3 Å². The third kappa shape index (κ3) is 3.08. The lowest BCUT2D eigenvalue weighted by molar-refractivity contribution is 0.0527. The van der Waals surface area contributed by atoms with Gasteiger partial charge in [-0.15, -0.1) is 0 Å². The second kappa shape index (κ2) is 5.79. The summed E-state index contributed by atoms with van der Waals surface area (Å²) in [6.45, 7) is 2.09. The van der Waals surface area contributed by atoms with E-state index in [1.807, 2.05) is 23.9 Å². The van der Waals surface area contributed by atoms with E-state index in [0.717, 1.165) is 10.1 Å². The predicted molar refractivity (Wildman–Crippen MR) is 74.1 cm³/mol. The number of hydrogen-bond acceptors (Lipinski definition) is 5. The number of carbonyl (C=O) groups is 1. The lowest BCUT2D eigenvalue weighted by Crippen LogP contribution is -2.08. The van der Waals surface area contributed by atoms with Crippen LogP contribution in [0.4, 0.5) is 5.69 Å². The van der Waals surface area contributed by atoms with Crippen LogP contribution in [-0.4, -0.2) is 22.1 Å². The van der Waals surface area contributed by atoms with Crippen LogP contribution in [0.3, 0.4) is 0 Å².